The number of esters is 1. The van der Waals surface area contributed by atoms with Gasteiger partial charge in [-0.05, 0) is 40.5 Å². The van der Waals surface area contributed by atoms with E-state index in [2.05, 4.69) is 20.7 Å². The Balaban J connectivity index is 2.84. The molecular formula is C11H11BrF2O3. The van der Waals surface area contributed by atoms with Crippen molar-refractivity contribution < 1.29 is 23.4 Å². The minimum absolute atomic E-state index is 0.0269. The molecule has 0 heterocycles. The topological polar surface area (TPSA) is 46.5 Å². The third-order valence-electron chi connectivity index (χ3n) is 2.07. The number of rotatable bonds is 4. The van der Waals surface area contributed by atoms with Gasteiger partial charge in [0.05, 0.1) is 11.1 Å². The highest BCUT2D eigenvalue weighted by Crippen LogP contribution is 2.25. The molecule has 2 atom stereocenters. The average Bonchev–Trinajstić information content (AvgIpc) is 2.31. The third-order valence-corrected chi connectivity index (χ3v) is 2.68. The van der Waals surface area contributed by atoms with Crippen molar-refractivity contribution in [3.63, 3.8) is 0 Å². The van der Waals surface area contributed by atoms with Gasteiger partial charge in [-0.1, -0.05) is 6.07 Å². The lowest BCUT2D eigenvalue weighted by molar-refractivity contribution is -0.153. The van der Waals surface area contributed by atoms with Crippen LogP contribution in [0.3, 0.4) is 0 Å². The monoisotopic (exact) mass is 308 g/mol. The first-order chi connectivity index (χ1) is 7.97. The lowest BCUT2D eigenvalue weighted by atomic mass is 10.1. The highest BCUT2D eigenvalue weighted by molar-refractivity contribution is 9.10. The Morgan fingerprint density at radius 2 is 2.24 bits per heavy atom. The SMILES string of the molecule is CCOC(=O)C(F)C(O)c1ccc(F)c(Br)c1. The van der Waals surface area contributed by atoms with Crippen molar-refractivity contribution in [2.45, 2.75) is 19.2 Å². The van der Waals surface area contributed by atoms with Crippen LogP contribution in [0.4, 0.5) is 8.78 Å². The lowest BCUT2D eigenvalue weighted by Gasteiger charge is -2.15. The first-order valence-corrected chi connectivity index (χ1v) is 5.70. The Kier molecular flexibility index (Phi) is 5.02. The summed E-state index contributed by atoms with van der Waals surface area (Å²) < 4.78 is 30.9. The fourth-order valence-corrected chi connectivity index (χ4v) is 1.61. The number of hydrogen-bond acceptors (Lipinski definition) is 3. The molecular weight excluding hydrogens is 298 g/mol. The molecule has 6 heteroatoms. The number of ether oxygens (including phenoxy) is 1. The largest absolute Gasteiger partial charge is 0.464 e. The van der Waals surface area contributed by atoms with Crippen LogP contribution < -0.4 is 0 Å². The normalized spacial score (nSPS) is 14.2. The van der Waals surface area contributed by atoms with Gasteiger partial charge in [-0.2, -0.15) is 0 Å². The quantitative estimate of drug-likeness (QED) is 0.869. The Bertz CT molecular complexity index is 412. The Morgan fingerprint density at radius 1 is 1.59 bits per heavy atom. The molecule has 1 rings (SSSR count). The molecule has 3 nitrogen and oxygen atoms in total. The van der Waals surface area contributed by atoms with Gasteiger partial charge >= 0.3 is 5.97 Å². The van der Waals surface area contributed by atoms with Gasteiger partial charge in [0.25, 0.3) is 0 Å². The average molecular weight is 309 g/mol. The zero-order chi connectivity index (χ0) is 13.0. The first-order valence-electron chi connectivity index (χ1n) is 4.91. The van der Waals surface area contributed by atoms with Gasteiger partial charge in [-0.25, -0.2) is 13.6 Å². The summed E-state index contributed by atoms with van der Waals surface area (Å²) in [5.74, 6) is -1.67. The van der Waals surface area contributed by atoms with Gasteiger partial charge in [0.2, 0.25) is 6.17 Å². The van der Waals surface area contributed by atoms with Crippen molar-refractivity contribution in [2.24, 2.45) is 0 Å². The molecule has 1 aromatic rings. The van der Waals surface area contributed by atoms with Crippen LogP contribution in [0.1, 0.15) is 18.6 Å². The van der Waals surface area contributed by atoms with Crippen LogP contribution in [0, 0.1) is 5.82 Å². The van der Waals surface area contributed by atoms with Crippen LogP contribution in [0.25, 0.3) is 0 Å². The van der Waals surface area contributed by atoms with Crippen LogP contribution in [-0.4, -0.2) is 23.9 Å². The molecule has 0 aromatic heterocycles. The Hall–Kier alpha value is -1.01. The van der Waals surface area contributed by atoms with E-state index in [0.717, 1.165) is 6.07 Å². The molecule has 0 aliphatic carbocycles. The predicted molar refractivity (Wildman–Crippen MR) is 60.6 cm³/mol. The summed E-state index contributed by atoms with van der Waals surface area (Å²) >= 11 is 2.91. The number of benzene rings is 1. The standard InChI is InChI=1S/C11H11BrF2O3/c1-2-17-11(16)9(14)10(15)6-3-4-8(13)7(12)5-6/h3-5,9-10,15H,2H2,1H3. The molecule has 1 aromatic carbocycles. The van der Waals surface area contributed by atoms with Crippen molar-refractivity contribution in [3.8, 4) is 0 Å². The highest BCUT2D eigenvalue weighted by Gasteiger charge is 2.29. The van der Waals surface area contributed by atoms with Crippen LogP contribution in [0.15, 0.2) is 22.7 Å². The van der Waals surface area contributed by atoms with E-state index in [-0.39, 0.29) is 16.6 Å². The summed E-state index contributed by atoms with van der Waals surface area (Å²) in [4.78, 5) is 11.1. The summed E-state index contributed by atoms with van der Waals surface area (Å²) in [6.45, 7) is 1.56. The van der Waals surface area contributed by atoms with Gasteiger partial charge in [0, 0.05) is 0 Å². The predicted octanol–water partition coefficient (Wildman–Crippen LogP) is 2.52. The fourth-order valence-electron chi connectivity index (χ4n) is 1.22. The van der Waals surface area contributed by atoms with E-state index >= 15 is 0 Å². The van der Waals surface area contributed by atoms with Gasteiger partial charge in [-0.15, -0.1) is 0 Å². The van der Waals surface area contributed by atoms with E-state index in [4.69, 9.17) is 0 Å². The van der Waals surface area contributed by atoms with Crippen molar-refractivity contribution >= 4 is 21.9 Å². The van der Waals surface area contributed by atoms with Gasteiger partial charge in [0.1, 0.15) is 11.9 Å². The van der Waals surface area contributed by atoms with Crippen LogP contribution in [0.2, 0.25) is 0 Å². The molecule has 0 radical (unpaired) electrons. The first kappa shape index (κ1) is 14.1. The highest BCUT2D eigenvalue weighted by atomic mass is 79.9. The van der Waals surface area contributed by atoms with Crippen LogP contribution >= 0.6 is 15.9 Å². The maximum Gasteiger partial charge on any atom is 0.343 e. The number of hydrogen-bond donors (Lipinski definition) is 1. The Labute approximate surface area is 106 Å². The molecule has 0 saturated carbocycles. The van der Waals surface area contributed by atoms with Gasteiger partial charge < -0.3 is 9.84 Å². The van der Waals surface area contributed by atoms with Gasteiger partial charge in [0.15, 0.2) is 0 Å². The zero-order valence-corrected chi connectivity index (χ0v) is 10.6. The minimum atomic E-state index is -2.19. The number of alkyl halides is 1. The Morgan fingerprint density at radius 3 is 2.76 bits per heavy atom. The van der Waals surface area contributed by atoms with E-state index in [0.29, 0.717) is 0 Å². The molecule has 0 saturated heterocycles. The maximum atomic E-state index is 13.5. The van der Waals surface area contributed by atoms with Crippen LogP contribution in [-0.2, 0) is 9.53 Å². The van der Waals surface area contributed by atoms with E-state index in [1.54, 1.807) is 0 Å². The summed E-state index contributed by atoms with van der Waals surface area (Å²) in [6, 6.07) is 3.49. The molecule has 0 bridgehead atoms. The van der Waals surface area contributed by atoms with Crippen molar-refractivity contribution in [1.29, 1.82) is 0 Å². The van der Waals surface area contributed by atoms with Crippen molar-refractivity contribution in [3.05, 3.63) is 34.1 Å². The third kappa shape index (κ3) is 3.47. The summed E-state index contributed by atoms with van der Waals surface area (Å²) in [6.07, 6.45) is -3.86. The van der Waals surface area contributed by atoms with Crippen molar-refractivity contribution in [2.75, 3.05) is 6.61 Å². The summed E-state index contributed by atoms with van der Waals surface area (Å²) in [5, 5.41) is 9.58. The second-order valence-electron chi connectivity index (χ2n) is 3.27. The molecule has 0 aliphatic heterocycles. The molecule has 0 spiro atoms. The number of halogens is 3. The van der Waals surface area contributed by atoms with E-state index < -0.39 is 24.1 Å². The fraction of sp³-hybridized carbons (Fsp3) is 0.364. The van der Waals surface area contributed by atoms with E-state index in [1.165, 1.54) is 19.1 Å². The van der Waals surface area contributed by atoms with E-state index in [1.807, 2.05) is 0 Å². The smallest absolute Gasteiger partial charge is 0.343 e. The summed E-state index contributed by atoms with van der Waals surface area (Å²) in [5.41, 5.74) is 0.0961. The minimum Gasteiger partial charge on any atom is -0.464 e. The van der Waals surface area contributed by atoms with Gasteiger partial charge in [-0.3, -0.25) is 0 Å². The number of carbonyl (C=O) groups excluding carboxylic acids is 1. The second-order valence-corrected chi connectivity index (χ2v) is 4.13. The molecule has 0 aliphatic rings. The maximum absolute atomic E-state index is 13.5. The number of aliphatic hydroxyl groups is 1. The molecule has 94 valence electrons. The molecule has 2 unspecified atom stereocenters. The van der Waals surface area contributed by atoms with E-state index in [9.17, 15) is 18.7 Å². The molecule has 1 N–H and O–H groups in total. The molecule has 0 fully saturated rings. The van der Waals surface area contributed by atoms with Crippen molar-refractivity contribution in [1.82, 2.24) is 0 Å². The number of carbonyl (C=O) groups is 1. The lowest BCUT2D eigenvalue weighted by Crippen LogP contribution is -2.26. The summed E-state index contributed by atoms with van der Waals surface area (Å²) in [7, 11) is 0. The molecule has 17 heavy (non-hydrogen) atoms. The number of aliphatic hydroxyl groups excluding tert-OH is 1. The zero-order valence-electron chi connectivity index (χ0n) is 8.99. The molecule has 0 amide bonds. The van der Waals surface area contributed by atoms with Crippen LogP contribution in [0.5, 0.6) is 0 Å². The second kappa shape index (κ2) is 6.07.